The summed E-state index contributed by atoms with van der Waals surface area (Å²) in [7, 11) is 0. The standard InChI is InChI=1S/C33H48O3/c1-3-5-7-9-13-27-18-22-32(23-19-27)36-33(34)30-20-24-31(25-21-30)35-26-12-17-29-16-11-10-15-28(29)14-8-6-4-2/h18-25,28-29H,3-17,26H2,1-2H3. The van der Waals surface area contributed by atoms with E-state index in [2.05, 4.69) is 26.0 Å². The fourth-order valence-corrected chi connectivity index (χ4v) is 5.57. The molecule has 0 bridgehead atoms. The molecule has 3 nitrogen and oxygen atoms in total. The molecule has 198 valence electrons. The van der Waals surface area contributed by atoms with Gasteiger partial charge in [0.15, 0.2) is 0 Å². The molecule has 0 heterocycles. The van der Waals surface area contributed by atoms with Gasteiger partial charge < -0.3 is 9.47 Å². The summed E-state index contributed by atoms with van der Waals surface area (Å²) in [5, 5.41) is 0. The average molecular weight is 493 g/mol. The summed E-state index contributed by atoms with van der Waals surface area (Å²) in [5.74, 6) is 2.89. The second kappa shape index (κ2) is 16.5. The highest BCUT2D eigenvalue weighted by Crippen LogP contribution is 2.36. The van der Waals surface area contributed by atoms with Crippen LogP contribution >= 0.6 is 0 Å². The Bertz CT molecular complexity index is 856. The second-order valence-electron chi connectivity index (χ2n) is 10.7. The lowest BCUT2D eigenvalue weighted by Gasteiger charge is -2.31. The van der Waals surface area contributed by atoms with E-state index in [1.807, 2.05) is 24.3 Å². The van der Waals surface area contributed by atoms with Crippen LogP contribution in [0.4, 0.5) is 0 Å². The molecule has 2 atom stereocenters. The molecule has 0 amide bonds. The lowest BCUT2D eigenvalue weighted by atomic mass is 9.74. The van der Waals surface area contributed by atoms with Gasteiger partial charge in [0.25, 0.3) is 0 Å². The van der Waals surface area contributed by atoms with E-state index >= 15 is 0 Å². The first-order valence-electron chi connectivity index (χ1n) is 14.7. The van der Waals surface area contributed by atoms with Crippen LogP contribution in [0.1, 0.15) is 120 Å². The van der Waals surface area contributed by atoms with Crippen LogP contribution in [-0.2, 0) is 6.42 Å². The quantitative estimate of drug-likeness (QED) is 0.133. The van der Waals surface area contributed by atoms with Gasteiger partial charge in [0.05, 0.1) is 12.2 Å². The molecule has 1 saturated carbocycles. The van der Waals surface area contributed by atoms with Gasteiger partial charge >= 0.3 is 5.97 Å². The maximum atomic E-state index is 12.6. The van der Waals surface area contributed by atoms with Crippen LogP contribution in [0, 0.1) is 11.8 Å². The predicted octanol–water partition coefficient (Wildman–Crippen LogP) is 9.57. The van der Waals surface area contributed by atoms with Gasteiger partial charge in [0, 0.05) is 0 Å². The molecule has 0 spiro atoms. The van der Waals surface area contributed by atoms with Crippen molar-refractivity contribution in [3.8, 4) is 11.5 Å². The molecule has 1 aliphatic rings. The fraction of sp³-hybridized carbons (Fsp3) is 0.606. The van der Waals surface area contributed by atoms with Gasteiger partial charge in [-0.25, -0.2) is 4.79 Å². The summed E-state index contributed by atoms with van der Waals surface area (Å²) in [5.41, 5.74) is 1.84. The first-order chi connectivity index (χ1) is 17.7. The highest BCUT2D eigenvalue weighted by atomic mass is 16.5. The number of carbonyl (C=O) groups is 1. The second-order valence-corrected chi connectivity index (χ2v) is 10.7. The summed E-state index contributed by atoms with van der Waals surface area (Å²) < 4.78 is 11.6. The third-order valence-corrected chi connectivity index (χ3v) is 7.78. The summed E-state index contributed by atoms with van der Waals surface area (Å²) in [6, 6.07) is 15.3. The monoisotopic (exact) mass is 492 g/mol. The first-order valence-corrected chi connectivity index (χ1v) is 14.7. The molecule has 1 fully saturated rings. The number of carbonyl (C=O) groups excluding carboxylic acids is 1. The maximum absolute atomic E-state index is 12.6. The molecule has 1 aliphatic carbocycles. The van der Waals surface area contributed by atoms with Crippen LogP contribution in [0.15, 0.2) is 48.5 Å². The lowest BCUT2D eigenvalue weighted by molar-refractivity contribution is 0.0734. The van der Waals surface area contributed by atoms with Gasteiger partial charge in [0.2, 0.25) is 0 Å². The molecule has 36 heavy (non-hydrogen) atoms. The van der Waals surface area contributed by atoms with Crippen molar-refractivity contribution in [2.75, 3.05) is 6.61 Å². The topological polar surface area (TPSA) is 35.5 Å². The van der Waals surface area contributed by atoms with E-state index in [0.717, 1.165) is 37.0 Å². The smallest absolute Gasteiger partial charge is 0.343 e. The number of hydrogen-bond acceptors (Lipinski definition) is 3. The Morgan fingerprint density at radius 3 is 2.00 bits per heavy atom. The number of hydrogen-bond donors (Lipinski definition) is 0. The third kappa shape index (κ3) is 9.99. The van der Waals surface area contributed by atoms with Crippen LogP contribution in [-0.4, -0.2) is 12.6 Å². The van der Waals surface area contributed by atoms with E-state index in [4.69, 9.17) is 9.47 Å². The van der Waals surface area contributed by atoms with E-state index in [1.165, 1.54) is 89.0 Å². The fourth-order valence-electron chi connectivity index (χ4n) is 5.57. The maximum Gasteiger partial charge on any atom is 0.343 e. The predicted molar refractivity (Wildman–Crippen MR) is 150 cm³/mol. The number of rotatable bonds is 16. The zero-order valence-electron chi connectivity index (χ0n) is 22.8. The molecule has 3 rings (SSSR count). The molecule has 2 aromatic rings. The molecule has 0 saturated heterocycles. The Labute approximate surface area is 220 Å². The minimum absolute atomic E-state index is 0.330. The van der Waals surface area contributed by atoms with Crippen LogP contribution in [0.25, 0.3) is 0 Å². The molecule has 0 aromatic heterocycles. The Morgan fingerprint density at radius 2 is 1.33 bits per heavy atom. The van der Waals surface area contributed by atoms with Crippen molar-refractivity contribution in [1.29, 1.82) is 0 Å². The highest BCUT2D eigenvalue weighted by Gasteiger charge is 2.24. The van der Waals surface area contributed by atoms with Gasteiger partial charge in [-0.3, -0.25) is 0 Å². The number of unbranched alkanes of at least 4 members (excludes halogenated alkanes) is 5. The number of esters is 1. The summed E-state index contributed by atoms with van der Waals surface area (Å²) in [6.07, 6.45) is 19.6. The molecule has 0 radical (unpaired) electrons. The van der Waals surface area contributed by atoms with Crippen molar-refractivity contribution >= 4 is 5.97 Å². The highest BCUT2D eigenvalue weighted by molar-refractivity contribution is 5.91. The van der Waals surface area contributed by atoms with Crippen LogP contribution in [0.5, 0.6) is 11.5 Å². The zero-order chi connectivity index (χ0) is 25.4. The van der Waals surface area contributed by atoms with Crippen LogP contribution in [0.3, 0.4) is 0 Å². The molecular weight excluding hydrogens is 444 g/mol. The Kier molecular flexibility index (Phi) is 12.9. The van der Waals surface area contributed by atoms with E-state index in [1.54, 1.807) is 12.1 Å². The first kappa shape index (κ1) is 28.3. The van der Waals surface area contributed by atoms with Crippen molar-refractivity contribution in [2.24, 2.45) is 11.8 Å². The zero-order valence-corrected chi connectivity index (χ0v) is 22.8. The minimum atomic E-state index is -0.330. The van der Waals surface area contributed by atoms with E-state index < -0.39 is 0 Å². The molecular formula is C33H48O3. The third-order valence-electron chi connectivity index (χ3n) is 7.78. The van der Waals surface area contributed by atoms with Gasteiger partial charge in [-0.15, -0.1) is 0 Å². The molecule has 2 aromatic carbocycles. The summed E-state index contributed by atoms with van der Waals surface area (Å²) in [6.45, 7) is 5.26. The van der Waals surface area contributed by atoms with E-state index in [-0.39, 0.29) is 5.97 Å². The van der Waals surface area contributed by atoms with Crippen molar-refractivity contribution in [3.63, 3.8) is 0 Å². The molecule has 3 heteroatoms. The van der Waals surface area contributed by atoms with Gasteiger partial charge in [-0.2, -0.15) is 0 Å². The number of benzene rings is 2. The van der Waals surface area contributed by atoms with Crippen LogP contribution in [0.2, 0.25) is 0 Å². The van der Waals surface area contributed by atoms with Crippen molar-refractivity contribution < 1.29 is 14.3 Å². The minimum Gasteiger partial charge on any atom is -0.494 e. The van der Waals surface area contributed by atoms with Crippen LogP contribution < -0.4 is 9.47 Å². The average Bonchev–Trinajstić information content (AvgIpc) is 2.91. The molecule has 0 aliphatic heterocycles. The van der Waals surface area contributed by atoms with Gasteiger partial charge in [0.1, 0.15) is 11.5 Å². The van der Waals surface area contributed by atoms with E-state index in [0.29, 0.717) is 11.3 Å². The van der Waals surface area contributed by atoms with Gasteiger partial charge in [-0.1, -0.05) is 96.6 Å². The largest absolute Gasteiger partial charge is 0.494 e. The summed E-state index contributed by atoms with van der Waals surface area (Å²) >= 11 is 0. The number of ether oxygens (including phenoxy) is 2. The number of aryl methyl sites for hydroxylation is 1. The SMILES string of the molecule is CCCCCCc1ccc(OC(=O)c2ccc(OCCCC3CCCCC3CCCCC)cc2)cc1. The Morgan fingerprint density at radius 1 is 0.722 bits per heavy atom. The van der Waals surface area contributed by atoms with Gasteiger partial charge in [-0.05, 0) is 79.5 Å². The van der Waals surface area contributed by atoms with E-state index in [9.17, 15) is 4.79 Å². The van der Waals surface area contributed by atoms with Crippen molar-refractivity contribution in [1.82, 2.24) is 0 Å². The van der Waals surface area contributed by atoms with Crippen molar-refractivity contribution in [3.05, 3.63) is 59.7 Å². The molecule has 0 N–H and O–H groups in total. The lowest BCUT2D eigenvalue weighted by Crippen LogP contribution is -2.20. The summed E-state index contributed by atoms with van der Waals surface area (Å²) in [4.78, 5) is 12.6. The normalized spacial score (nSPS) is 17.6. The Balaban J connectivity index is 1.37. The van der Waals surface area contributed by atoms with Crippen molar-refractivity contribution in [2.45, 2.75) is 110 Å². The molecule has 2 unspecified atom stereocenters. The Hall–Kier alpha value is -2.29.